The van der Waals surface area contributed by atoms with Crippen molar-refractivity contribution >= 4 is 62.6 Å². The van der Waals surface area contributed by atoms with E-state index in [0.29, 0.717) is 27.4 Å². The van der Waals surface area contributed by atoms with Gasteiger partial charge in [0.1, 0.15) is 6.61 Å². The van der Waals surface area contributed by atoms with Gasteiger partial charge in [0.25, 0.3) is 0 Å². The molecule has 27 heavy (non-hydrogen) atoms. The summed E-state index contributed by atoms with van der Waals surface area (Å²) in [4.78, 5) is 4.48. The molecule has 138 valence electrons. The number of benzene rings is 3. The molecule has 0 N–H and O–H groups in total. The van der Waals surface area contributed by atoms with Gasteiger partial charge in [-0.3, -0.25) is 4.99 Å². The molecular formula is C21H15BrCl3NO. The third-order valence-electron chi connectivity index (χ3n) is 3.91. The molecule has 0 atom stereocenters. The highest BCUT2D eigenvalue weighted by atomic mass is 79.9. The van der Waals surface area contributed by atoms with Gasteiger partial charge in [-0.15, -0.1) is 0 Å². The van der Waals surface area contributed by atoms with Gasteiger partial charge in [-0.2, -0.15) is 0 Å². The molecule has 0 aliphatic heterocycles. The molecule has 0 aromatic heterocycles. The van der Waals surface area contributed by atoms with E-state index in [-0.39, 0.29) is 0 Å². The van der Waals surface area contributed by atoms with Crippen molar-refractivity contribution in [2.45, 2.75) is 13.5 Å². The van der Waals surface area contributed by atoms with E-state index in [1.807, 2.05) is 49.4 Å². The summed E-state index contributed by atoms with van der Waals surface area (Å²) in [6.45, 7) is 2.30. The third kappa shape index (κ3) is 5.26. The predicted octanol–water partition coefficient (Wildman–Crippen LogP) is 8.05. The van der Waals surface area contributed by atoms with Crippen LogP contribution < -0.4 is 4.74 Å². The smallest absolute Gasteiger partial charge is 0.157 e. The van der Waals surface area contributed by atoms with Crippen molar-refractivity contribution in [3.05, 3.63) is 90.8 Å². The average molecular weight is 484 g/mol. The first-order valence-corrected chi connectivity index (χ1v) is 10.0. The number of hydrogen-bond acceptors (Lipinski definition) is 2. The standard InChI is InChI=1S/C21H15BrCl3NO/c1-13-17(23)3-2-4-20(13)26-11-15-9-18(24)21(19(25)10-15)27-12-14-5-7-16(22)8-6-14/h2-11H,12H2,1H3. The van der Waals surface area contributed by atoms with E-state index in [1.54, 1.807) is 18.3 Å². The molecule has 0 heterocycles. The fourth-order valence-electron chi connectivity index (χ4n) is 2.41. The van der Waals surface area contributed by atoms with Crippen molar-refractivity contribution < 1.29 is 4.74 Å². The number of halogens is 4. The van der Waals surface area contributed by atoms with Crippen LogP contribution in [0.15, 0.2) is 64.1 Å². The molecule has 3 aromatic rings. The minimum Gasteiger partial charge on any atom is -0.486 e. The van der Waals surface area contributed by atoms with Crippen LogP contribution in [0.4, 0.5) is 5.69 Å². The highest BCUT2D eigenvalue weighted by Gasteiger charge is 2.10. The van der Waals surface area contributed by atoms with Crippen LogP contribution in [0.3, 0.4) is 0 Å². The molecule has 3 rings (SSSR count). The Labute approximate surface area is 181 Å². The minimum absolute atomic E-state index is 0.377. The number of aliphatic imine (C=N–C) groups is 1. The zero-order chi connectivity index (χ0) is 19.4. The Kier molecular flexibility index (Phi) is 6.83. The van der Waals surface area contributed by atoms with Crippen molar-refractivity contribution in [2.24, 2.45) is 4.99 Å². The van der Waals surface area contributed by atoms with Crippen molar-refractivity contribution in [2.75, 3.05) is 0 Å². The van der Waals surface area contributed by atoms with Gasteiger partial charge in [0.05, 0.1) is 15.7 Å². The third-order valence-corrected chi connectivity index (χ3v) is 5.41. The zero-order valence-corrected chi connectivity index (χ0v) is 18.2. The molecule has 0 spiro atoms. The topological polar surface area (TPSA) is 21.6 Å². The normalized spacial score (nSPS) is 11.1. The molecule has 2 nitrogen and oxygen atoms in total. The predicted molar refractivity (Wildman–Crippen MR) is 118 cm³/mol. The Morgan fingerprint density at radius 1 is 0.963 bits per heavy atom. The Balaban J connectivity index is 1.77. The molecule has 6 heteroatoms. The second-order valence-corrected chi connectivity index (χ2v) is 8.01. The average Bonchev–Trinajstić information content (AvgIpc) is 2.64. The van der Waals surface area contributed by atoms with E-state index < -0.39 is 0 Å². The summed E-state index contributed by atoms with van der Waals surface area (Å²) >= 11 is 22.3. The van der Waals surface area contributed by atoms with Gasteiger partial charge in [0.15, 0.2) is 5.75 Å². The van der Waals surface area contributed by atoms with Crippen LogP contribution in [0.2, 0.25) is 15.1 Å². The second kappa shape index (κ2) is 9.11. The maximum Gasteiger partial charge on any atom is 0.157 e. The Morgan fingerprint density at radius 3 is 2.30 bits per heavy atom. The fraction of sp³-hybridized carbons (Fsp3) is 0.0952. The SMILES string of the molecule is Cc1c(Cl)cccc1N=Cc1cc(Cl)c(OCc2ccc(Br)cc2)c(Cl)c1. The number of nitrogens with zero attached hydrogens (tertiary/aromatic N) is 1. The van der Waals surface area contributed by atoms with E-state index in [4.69, 9.17) is 39.5 Å². The molecule has 0 aliphatic carbocycles. The van der Waals surface area contributed by atoms with Crippen LogP contribution in [0.25, 0.3) is 0 Å². The van der Waals surface area contributed by atoms with Crippen molar-refractivity contribution in [3.8, 4) is 5.75 Å². The van der Waals surface area contributed by atoms with Gasteiger partial charge < -0.3 is 4.74 Å². The number of hydrogen-bond donors (Lipinski definition) is 0. The van der Waals surface area contributed by atoms with E-state index >= 15 is 0 Å². The first-order chi connectivity index (χ1) is 12.9. The zero-order valence-electron chi connectivity index (χ0n) is 14.3. The van der Waals surface area contributed by atoms with E-state index in [2.05, 4.69) is 20.9 Å². The summed E-state index contributed by atoms with van der Waals surface area (Å²) < 4.78 is 6.82. The first-order valence-electron chi connectivity index (χ1n) is 8.09. The lowest BCUT2D eigenvalue weighted by Crippen LogP contribution is -1.97. The fourth-order valence-corrected chi connectivity index (χ4v) is 3.46. The van der Waals surface area contributed by atoms with Gasteiger partial charge in [-0.25, -0.2) is 0 Å². The molecule has 0 radical (unpaired) electrons. The van der Waals surface area contributed by atoms with Gasteiger partial charge in [0.2, 0.25) is 0 Å². The lowest BCUT2D eigenvalue weighted by molar-refractivity contribution is 0.306. The second-order valence-electron chi connectivity index (χ2n) is 5.87. The van der Waals surface area contributed by atoms with Crippen LogP contribution in [-0.2, 0) is 6.61 Å². The maximum absolute atomic E-state index is 6.36. The molecule has 0 saturated heterocycles. The summed E-state index contributed by atoms with van der Waals surface area (Å²) in [6, 6.07) is 17.0. The van der Waals surface area contributed by atoms with Gasteiger partial charge in [-0.1, -0.05) is 68.9 Å². The van der Waals surface area contributed by atoms with E-state index in [0.717, 1.165) is 26.9 Å². The van der Waals surface area contributed by atoms with Gasteiger partial charge in [0, 0.05) is 15.7 Å². The Bertz CT molecular complexity index is 964. The summed E-state index contributed by atoms with van der Waals surface area (Å²) in [5.74, 6) is 0.456. The highest BCUT2D eigenvalue weighted by Crippen LogP contribution is 2.35. The number of rotatable bonds is 5. The molecule has 0 saturated carbocycles. The molecular weight excluding hydrogens is 469 g/mol. The molecule has 3 aromatic carbocycles. The van der Waals surface area contributed by atoms with E-state index in [1.165, 1.54) is 0 Å². The highest BCUT2D eigenvalue weighted by molar-refractivity contribution is 9.10. The quantitative estimate of drug-likeness (QED) is 0.337. The van der Waals surface area contributed by atoms with Crippen LogP contribution in [0, 0.1) is 6.92 Å². The van der Waals surface area contributed by atoms with Gasteiger partial charge >= 0.3 is 0 Å². The summed E-state index contributed by atoms with van der Waals surface area (Å²) in [7, 11) is 0. The summed E-state index contributed by atoms with van der Waals surface area (Å²) in [5, 5.41) is 1.55. The summed E-state index contributed by atoms with van der Waals surface area (Å²) in [5.41, 5.74) is 3.51. The number of ether oxygens (including phenoxy) is 1. The summed E-state index contributed by atoms with van der Waals surface area (Å²) in [6.07, 6.45) is 1.70. The minimum atomic E-state index is 0.377. The molecule has 0 aliphatic rings. The van der Waals surface area contributed by atoms with Crippen molar-refractivity contribution in [1.82, 2.24) is 0 Å². The lowest BCUT2D eigenvalue weighted by atomic mass is 10.2. The van der Waals surface area contributed by atoms with Gasteiger partial charge in [-0.05, 0) is 60.0 Å². The van der Waals surface area contributed by atoms with E-state index in [9.17, 15) is 0 Å². The Morgan fingerprint density at radius 2 is 1.63 bits per heavy atom. The molecule has 0 bridgehead atoms. The molecule has 0 fully saturated rings. The monoisotopic (exact) mass is 481 g/mol. The molecule has 0 amide bonds. The maximum atomic E-state index is 6.36. The van der Waals surface area contributed by atoms with Crippen molar-refractivity contribution in [1.29, 1.82) is 0 Å². The van der Waals surface area contributed by atoms with Crippen LogP contribution in [0.5, 0.6) is 5.75 Å². The van der Waals surface area contributed by atoms with Crippen molar-refractivity contribution in [3.63, 3.8) is 0 Å². The van der Waals surface area contributed by atoms with Crippen LogP contribution >= 0.6 is 50.7 Å². The first kappa shape index (κ1) is 20.2. The molecule has 0 unspecified atom stereocenters. The largest absolute Gasteiger partial charge is 0.486 e. The lowest BCUT2D eigenvalue weighted by Gasteiger charge is -2.11. The Hall–Kier alpha value is -1.52. The van der Waals surface area contributed by atoms with Crippen LogP contribution in [0.1, 0.15) is 16.7 Å². The van der Waals surface area contributed by atoms with Crippen LogP contribution in [-0.4, -0.2) is 6.21 Å².